The highest BCUT2D eigenvalue weighted by atomic mass is 35.5. The van der Waals surface area contributed by atoms with Gasteiger partial charge in [-0.2, -0.15) is 0 Å². The summed E-state index contributed by atoms with van der Waals surface area (Å²) in [7, 11) is 1.56. The largest absolute Gasteiger partial charge is 0.493 e. The number of morpholine rings is 1. The molecule has 2 aromatic carbocycles. The number of hydrogen-bond donors (Lipinski definition) is 0. The van der Waals surface area contributed by atoms with Crippen molar-refractivity contribution in [1.29, 1.82) is 0 Å². The first-order valence-corrected chi connectivity index (χ1v) is 8.99. The summed E-state index contributed by atoms with van der Waals surface area (Å²) in [4.78, 5) is 6.82. The Morgan fingerprint density at radius 2 is 2.00 bits per heavy atom. The Bertz CT molecular complexity index is 838. The average molecular weight is 385 g/mol. The Morgan fingerprint density at radius 3 is 2.67 bits per heavy atom. The molecule has 0 unspecified atom stereocenters. The minimum atomic E-state index is 0.124. The second-order valence-corrected chi connectivity index (χ2v) is 6.31. The summed E-state index contributed by atoms with van der Waals surface area (Å²) in [5.74, 6) is 3.36. The molecule has 0 saturated carbocycles. The van der Waals surface area contributed by atoms with E-state index in [1.807, 2.05) is 18.2 Å². The van der Waals surface area contributed by atoms with Crippen LogP contribution >= 0.6 is 11.6 Å². The van der Waals surface area contributed by atoms with Crippen LogP contribution in [-0.2, 0) is 4.74 Å². The summed E-state index contributed by atoms with van der Waals surface area (Å²) in [6, 6.07) is 11.7. The normalized spacial score (nSPS) is 14.2. The number of methoxy groups -OCH3 is 1. The van der Waals surface area contributed by atoms with Crippen LogP contribution in [0, 0.1) is 12.3 Å². The number of terminal acetylenes is 1. The molecule has 0 atom stereocenters. The molecule has 1 heterocycles. The molecule has 2 aromatic rings. The zero-order chi connectivity index (χ0) is 19.1. The summed E-state index contributed by atoms with van der Waals surface area (Å²) < 4.78 is 16.2. The van der Waals surface area contributed by atoms with Crippen LogP contribution in [0.2, 0.25) is 5.02 Å². The van der Waals surface area contributed by atoms with Crippen molar-refractivity contribution in [3.05, 3.63) is 47.0 Å². The Balaban J connectivity index is 1.73. The maximum absolute atomic E-state index is 6.29. The number of hydrogen-bond acceptors (Lipinski definition) is 5. The highest BCUT2D eigenvalue weighted by molar-refractivity contribution is 6.32. The van der Waals surface area contributed by atoms with E-state index < -0.39 is 0 Å². The van der Waals surface area contributed by atoms with E-state index in [0.29, 0.717) is 16.5 Å². The predicted molar refractivity (Wildman–Crippen MR) is 109 cm³/mol. The first kappa shape index (κ1) is 19.1. The van der Waals surface area contributed by atoms with E-state index >= 15 is 0 Å². The monoisotopic (exact) mass is 384 g/mol. The van der Waals surface area contributed by atoms with Gasteiger partial charge in [-0.1, -0.05) is 17.5 Å². The molecule has 6 heteroatoms. The zero-order valence-electron chi connectivity index (χ0n) is 15.2. The van der Waals surface area contributed by atoms with Gasteiger partial charge < -0.3 is 19.1 Å². The smallest absolute Gasteiger partial charge is 0.181 e. The van der Waals surface area contributed by atoms with Crippen molar-refractivity contribution in [2.75, 3.05) is 44.9 Å². The summed E-state index contributed by atoms with van der Waals surface area (Å²) in [5, 5.41) is 0.425. The first-order chi connectivity index (χ1) is 13.2. The SMILES string of the molecule is C#CCOc1c(Cl)cc(C=Nc2ccc(N3CCOCC3)cc2)cc1OC. The number of rotatable bonds is 6. The van der Waals surface area contributed by atoms with Gasteiger partial charge in [0.25, 0.3) is 0 Å². The van der Waals surface area contributed by atoms with E-state index in [1.165, 1.54) is 5.69 Å². The third-order valence-corrected chi connectivity index (χ3v) is 4.42. The van der Waals surface area contributed by atoms with Crippen LogP contribution in [0.15, 0.2) is 41.4 Å². The fourth-order valence-corrected chi connectivity index (χ4v) is 3.06. The van der Waals surface area contributed by atoms with Gasteiger partial charge >= 0.3 is 0 Å². The lowest BCUT2D eigenvalue weighted by Gasteiger charge is -2.28. The molecule has 140 valence electrons. The minimum Gasteiger partial charge on any atom is -0.493 e. The number of halogens is 1. The number of anilines is 1. The van der Waals surface area contributed by atoms with Crippen LogP contribution in [0.25, 0.3) is 0 Å². The van der Waals surface area contributed by atoms with Crippen LogP contribution in [-0.4, -0.2) is 46.2 Å². The van der Waals surface area contributed by atoms with E-state index in [1.54, 1.807) is 19.4 Å². The highest BCUT2D eigenvalue weighted by Gasteiger charge is 2.12. The van der Waals surface area contributed by atoms with Crippen molar-refractivity contribution in [3.63, 3.8) is 0 Å². The molecule has 0 radical (unpaired) electrons. The van der Waals surface area contributed by atoms with E-state index in [2.05, 4.69) is 27.9 Å². The third kappa shape index (κ3) is 4.94. The molecule has 1 aliphatic heterocycles. The van der Waals surface area contributed by atoms with Gasteiger partial charge in [0.1, 0.15) is 6.61 Å². The topological polar surface area (TPSA) is 43.3 Å². The Hall–Kier alpha value is -2.68. The van der Waals surface area contributed by atoms with Gasteiger partial charge in [-0.25, -0.2) is 0 Å². The van der Waals surface area contributed by atoms with E-state index in [-0.39, 0.29) is 6.61 Å². The van der Waals surface area contributed by atoms with E-state index in [9.17, 15) is 0 Å². The van der Waals surface area contributed by atoms with Crippen molar-refractivity contribution in [1.82, 2.24) is 0 Å². The first-order valence-electron chi connectivity index (χ1n) is 8.62. The van der Waals surface area contributed by atoms with Gasteiger partial charge in [0.15, 0.2) is 11.5 Å². The lowest BCUT2D eigenvalue weighted by molar-refractivity contribution is 0.122. The molecule has 1 fully saturated rings. The number of nitrogens with zero attached hydrogens (tertiary/aromatic N) is 2. The molecule has 0 amide bonds. The van der Waals surface area contributed by atoms with Gasteiger partial charge in [-0.05, 0) is 42.0 Å². The molecule has 0 N–H and O–H groups in total. The fraction of sp³-hybridized carbons (Fsp3) is 0.286. The van der Waals surface area contributed by atoms with Gasteiger partial charge in [0.2, 0.25) is 0 Å². The van der Waals surface area contributed by atoms with Crippen molar-refractivity contribution >= 4 is 29.2 Å². The van der Waals surface area contributed by atoms with Gasteiger partial charge in [0.05, 0.1) is 31.0 Å². The average Bonchev–Trinajstić information content (AvgIpc) is 2.72. The summed E-state index contributed by atoms with van der Waals surface area (Å²) in [5.41, 5.74) is 2.84. The summed E-state index contributed by atoms with van der Waals surface area (Å²) in [6.45, 7) is 3.48. The molecular formula is C21H21ClN2O3. The second kappa shape index (κ2) is 9.31. The number of aliphatic imine (C=N–C) groups is 1. The summed E-state index contributed by atoms with van der Waals surface area (Å²) in [6.07, 6.45) is 6.97. The van der Waals surface area contributed by atoms with Crippen LogP contribution in [0.5, 0.6) is 11.5 Å². The number of benzene rings is 2. The molecule has 3 rings (SSSR count). The van der Waals surface area contributed by atoms with Crippen molar-refractivity contribution in [3.8, 4) is 23.8 Å². The lowest BCUT2D eigenvalue weighted by Crippen LogP contribution is -2.36. The Kier molecular flexibility index (Phi) is 6.59. The highest BCUT2D eigenvalue weighted by Crippen LogP contribution is 2.36. The molecule has 0 bridgehead atoms. The maximum atomic E-state index is 6.29. The van der Waals surface area contributed by atoms with Crippen molar-refractivity contribution in [2.45, 2.75) is 0 Å². The molecule has 0 aromatic heterocycles. The zero-order valence-corrected chi connectivity index (χ0v) is 15.9. The number of ether oxygens (including phenoxy) is 3. The predicted octanol–water partition coefficient (Wildman–Crippen LogP) is 3.95. The molecule has 1 saturated heterocycles. The quantitative estimate of drug-likeness (QED) is 0.558. The van der Waals surface area contributed by atoms with Gasteiger partial charge in [0, 0.05) is 25.0 Å². The third-order valence-electron chi connectivity index (χ3n) is 4.14. The fourth-order valence-electron chi connectivity index (χ4n) is 2.79. The maximum Gasteiger partial charge on any atom is 0.181 e. The molecule has 5 nitrogen and oxygen atoms in total. The summed E-state index contributed by atoms with van der Waals surface area (Å²) >= 11 is 6.29. The van der Waals surface area contributed by atoms with Crippen LogP contribution in [0.1, 0.15) is 5.56 Å². The Morgan fingerprint density at radius 1 is 1.26 bits per heavy atom. The van der Waals surface area contributed by atoms with Crippen molar-refractivity contribution in [2.24, 2.45) is 4.99 Å². The molecule has 0 aliphatic carbocycles. The van der Waals surface area contributed by atoms with E-state index in [4.69, 9.17) is 32.2 Å². The van der Waals surface area contributed by atoms with Crippen molar-refractivity contribution < 1.29 is 14.2 Å². The molecule has 27 heavy (non-hydrogen) atoms. The van der Waals surface area contributed by atoms with Crippen LogP contribution < -0.4 is 14.4 Å². The van der Waals surface area contributed by atoms with Crippen LogP contribution in [0.3, 0.4) is 0 Å². The standard InChI is InChI=1S/C21H21ClN2O3/c1-3-10-27-21-19(22)13-16(14-20(21)25-2)15-23-17-4-6-18(7-5-17)24-8-11-26-12-9-24/h1,4-7,13-15H,8-12H2,2H3. The van der Waals surface area contributed by atoms with Gasteiger partial charge in [-0.15, -0.1) is 6.42 Å². The van der Waals surface area contributed by atoms with Crippen LogP contribution in [0.4, 0.5) is 11.4 Å². The second-order valence-electron chi connectivity index (χ2n) is 5.90. The molecule has 1 aliphatic rings. The lowest BCUT2D eigenvalue weighted by atomic mass is 10.2. The van der Waals surface area contributed by atoms with E-state index in [0.717, 1.165) is 37.6 Å². The molecule has 0 spiro atoms. The molecular weight excluding hydrogens is 364 g/mol. The Labute approximate surface area is 164 Å². The van der Waals surface area contributed by atoms with Gasteiger partial charge in [-0.3, -0.25) is 4.99 Å². The minimum absolute atomic E-state index is 0.124.